The smallest absolute Gasteiger partial charge is 0.407 e. The van der Waals surface area contributed by atoms with Gasteiger partial charge in [0.15, 0.2) is 0 Å². The molecule has 0 radical (unpaired) electrons. The van der Waals surface area contributed by atoms with E-state index in [2.05, 4.69) is 41.4 Å². The molecule has 1 aliphatic heterocycles. The Labute approximate surface area is 192 Å². The molecule has 0 saturated carbocycles. The summed E-state index contributed by atoms with van der Waals surface area (Å²) in [5.74, 6) is 3.20. The van der Waals surface area contributed by atoms with Crippen LogP contribution < -0.4 is 5.32 Å². The van der Waals surface area contributed by atoms with Crippen LogP contribution in [-0.2, 0) is 14.3 Å². The van der Waals surface area contributed by atoms with Crippen LogP contribution in [0.2, 0.25) is 0 Å². The Morgan fingerprint density at radius 2 is 1.73 bits per heavy atom. The van der Waals surface area contributed by atoms with Crippen LogP contribution in [0.15, 0.2) is 48.5 Å². The molecule has 2 aromatic carbocycles. The average molecular weight is 447 g/mol. The Hall–Kier alpha value is -3.79. The first-order valence-electron chi connectivity index (χ1n) is 11.1. The Morgan fingerprint density at radius 1 is 1.09 bits per heavy atom. The summed E-state index contributed by atoms with van der Waals surface area (Å²) in [7, 11) is 0. The molecule has 2 aliphatic rings. The molecule has 1 aliphatic carbocycles. The second-order valence-electron chi connectivity index (χ2n) is 8.31. The normalized spacial score (nSPS) is 19.0. The lowest BCUT2D eigenvalue weighted by Gasteiger charge is -2.36. The molecule has 4 rings (SSSR count). The molecule has 0 aromatic heterocycles. The fraction of sp³-hybridized carbons (Fsp3) is 0.346. The molecule has 0 spiro atoms. The van der Waals surface area contributed by atoms with Crippen LogP contribution in [0.4, 0.5) is 4.79 Å². The zero-order valence-electron chi connectivity index (χ0n) is 18.4. The van der Waals surface area contributed by atoms with Gasteiger partial charge in [-0.3, -0.25) is 9.59 Å². The van der Waals surface area contributed by atoms with Crippen molar-refractivity contribution in [2.45, 2.75) is 31.7 Å². The summed E-state index contributed by atoms with van der Waals surface area (Å²) >= 11 is 0. The number of ether oxygens (including phenoxy) is 1. The van der Waals surface area contributed by atoms with Crippen LogP contribution in [0, 0.1) is 17.8 Å². The topological polar surface area (TPSA) is 95.9 Å². The van der Waals surface area contributed by atoms with E-state index >= 15 is 0 Å². The molecule has 2 unspecified atom stereocenters. The van der Waals surface area contributed by atoms with E-state index in [-0.39, 0.29) is 19.1 Å². The fourth-order valence-electron chi connectivity index (χ4n) is 4.72. The largest absolute Gasteiger partial charge is 0.481 e. The summed E-state index contributed by atoms with van der Waals surface area (Å²) in [4.78, 5) is 37.4. The number of fused-ring (bicyclic) bond motifs is 3. The Morgan fingerprint density at radius 3 is 2.36 bits per heavy atom. The molecular weight excluding hydrogens is 420 g/mol. The van der Waals surface area contributed by atoms with E-state index in [9.17, 15) is 19.5 Å². The van der Waals surface area contributed by atoms with Gasteiger partial charge in [0.25, 0.3) is 5.91 Å². The number of carboxylic acid groups (broad SMARTS) is 1. The maximum atomic E-state index is 12.4. The molecule has 2 atom stereocenters. The van der Waals surface area contributed by atoms with Gasteiger partial charge >= 0.3 is 12.1 Å². The van der Waals surface area contributed by atoms with Gasteiger partial charge in [0.1, 0.15) is 6.61 Å². The highest BCUT2D eigenvalue weighted by Gasteiger charge is 2.34. The summed E-state index contributed by atoms with van der Waals surface area (Å²) in [6, 6.07) is 15.8. The Balaban J connectivity index is 1.29. The number of alkyl carbamates (subject to hydrolysis) is 1. The SMILES string of the molecule is CC1C(C(=O)O)CCCN1C(=O)C#CCNC(=O)OCC1c2ccccc2-c2ccccc21. The van der Waals surface area contributed by atoms with Gasteiger partial charge < -0.3 is 20.1 Å². The van der Waals surface area contributed by atoms with Crippen LogP contribution in [-0.4, -0.2) is 53.7 Å². The van der Waals surface area contributed by atoms with Crippen molar-refractivity contribution in [3.05, 3.63) is 59.7 Å². The van der Waals surface area contributed by atoms with Crippen molar-refractivity contribution in [3.8, 4) is 23.0 Å². The maximum absolute atomic E-state index is 12.4. The lowest BCUT2D eigenvalue weighted by molar-refractivity contribution is -0.147. The summed E-state index contributed by atoms with van der Waals surface area (Å²) in [6.07, 6.45) is 0.583. The lowest BCUT2D eigenvalue weighted by atomic mass is 9.90. The van der Waals surface area contributed by atoms with Gasteiger partial charge in [-0.15, -0.1) is 0 Å². The maximum Gasteiger partial charge on any atom is 0.407 e. The molecule has 1 heterocycles. The second-order valence-corrected chi connectivity index (χ2v) is 8.31. The van der Waals surface area contributed by atoms with E-state index in [1.807, 2.05) is 24.3 Å². The molecular formula is C26H26N2O5. The minimum absolute atomic E-state index is 0.0291. The number of carbonyl (C=O) groups is 3. The van der Waals surface area contributed by atoms with Crippen molar-refractivity contribution < 1.29 is 24.2 Å². The minimum Gasteiger partial charge on any atom is -0.481 e. The van der Waals surface area contributed by atoms with Crippen molar-refractivity contribution >= 4 is 18.0 Å². The number of piperidine rings is 1. The van der Waals surface area contributed by atoms with Crippen molar-refractivity contribution in [1.29, 1.82) is 0 Å². The quantitative estimate of drug-likeness (QED) is 0.703. The van der Waals surface area contributed by atoms with E-state index in [4.69, 9.17) is 4.74 Å². The summed E-state index contributed by atoms with van der Waals surface area (Å²) in [6.45, 7) is 2.38. The van der Waals surface area contributed by atoms with Crippen molar-refractivity contribution in [2.75, 3.05) is 19.7 Å². The predicted octanol–water partition coefficient (Wildman–Crippen LogP) is 3.24. The molecule has 0 bridgehead atoms. The van der Waals surface area contributed by atoms with Crippen LogP contribution >= 0.6 is 0 Å². The first-order chi connectivity index (χ1) is 16.0. The molecule has 170 valence electrons. The molecule has 7 heteroatoms. The molecule has 7 nitrogen and oxygen atoms in total. The number of nitrogens with one attached hydrogen (secondary N) is 1. The predicted molar refractivity (Wildman–Crippen MR) is 122 cm³/mol. The Kier molecular flexibility index (Phi) is 6.64. The molecule has 2 N–H and O–H groups in total. The number of amides is 2. The first-order valence-corrected chi connectivity index (χ1v) is 11.1. The van der Waals surface area contributed by atoms with Gasteiger partial charge in [0, 0.05) is 18.5 Å². The van der Waals surface area contributed by atoms with Gasteiger partial charge in [0.2, 0.25) is 0 Å². The summed E-state index contributed by atoms with van der Waals surface area (Å²) in [5.41, 5.74) is 4.58. The number of rotatable bonds is 4. The third kappa shape index (κ3) is 4.70. The Bertz CT molecular complexity index is 1090. The van der Waals surface area contributed by atoms with Crippen LogP contribution in [0.5, 0.6) is 0 Å². The van der Waals surface area contributed by atoms with E-state index in [0.717, 1.165) is 22.3 Å². The van der Waals surface area contributed by atoms with Gasteiger partial charge in [0.05, 0.1) is 12.5 Å². The molecule has 1 fully saturated rings. The zero-order chi connectivity index (χ0) is 23.4. The fourth-order valence-corrected chi connectivity index (χ4v) is 4.72. The number of hydrogen-bond acceptors (Lipinski definition) is 4. The monoisotopic (exact) mass is 446 g/mol. The number of likely N-dealkylation sites (tertiary alicyclic amines) is 1. The van der Waals surface area contributed by atoms with Crippen molar-refractivity contribution in [2.24, 2.45) is 5.92 Å². The number of hydrogen-bond donors (Lipinski definition) is 2. The molecule has 1 saturated heterocycles. The average Bonchev–Trinajstić information content (AvgIpc) is 3.14. The second kappa shape index (κ2) is 9.78. The standard InChI is InChI=1S/C26H26N2O5/c1-17-18(25(30)31)12-7-15-28(17)24(29)13-6-14-27-26(32)33-16-23-21-10-4-2-8-19(21)20-9-3-5-11-22(20)23/h2-5,8-11,17-18,23H,7,12,14-16H2,1H3,(H,27,32)(H,30,31). The van der Waals surface area contributed by atoms with Crippen LogP contribution in [0.1, 0.15) is 36.8 Å². The van der Waals surface area contributed by atoms with Crippen molar-refractivity contribution in [3.63, 3.8) is 0 Å². The third-order valence-corrected chi connectivity index (χ3v) is 6.43. The highest BCUT2D eigenvalue weighted by molar-refractivity contribution is 5.94. The van der Waals surface area contributed by atoms with Gasteiger partial charge in [-0.25, -0.2) is 4.79 Å². The van der Waals surface area contributed by atoms with Gasteiger partial charge in [-0.05, 0) is 47.9 Å². The van der Waals surface area contributed by atoms with E-state index in [1.54, 1.807) is 6.92 Å². The van der Waals surface area contributed by atoms with Gasteiger partial charge in [-0.2, -0.15) is 0 Å². The van der Waals surface area contributed by atoms with E-state index in [1.165, 1.54) is 4.90 Å². The molecule has 2 aromatic rings. The number of carboxylic acids is 1. The van der Waals surface area contributed by atoms with Crippen LogP contribution in [0.3, 0.4) is 0 Å². The molecule has 33 heavy (non-hydrogen) atoms. The van der Waals surface area contributed by atoms with Crippen molar-refractivity contribution in [1.82, 2.24) is 10.2 Å². The lowest BCUT2D eigenvalue weighted by Crippen LogP contribution is -2.48. The minimum atomic E-state index is -0.898. The molecule has 2 amide bonds. The number of aliphatic carboxylic acids is 1. The number of nitrogens with zero attached hydrogens (tertiary/aromatic N) is 1. The van der Waals surface area contributed by atoms with E-state index < -0.39 is 29.9 Å². The number of carbonyl (C=O) groups excluding carboxylic acids is 2. The third-order valence-electron chi connectivity index (χ3n) is 6.43. The highest BCUT2D eigenvalue weighted by Crippen LogP contribution is 2.44. The summed E-state index contributed by atoms with van der Waals surface area (Å²) in [5, 5.41) is 11.8. The number of benzene rings is 2. The van der Waals surface area contributed by atoms with E-state index in [0.29, 0.717) is 19.4 Å². The highest BCUT2D eigenvalue weighted by atomic mass is 16.5. The van der Waals surface area contributed by atoms with Gasteiger partial charge in [-0.1, -0.05) is 54.5 Å². The zero-order valence-corrected chi connectivity index (χ0v) is 18.4. The summed E-state index contributed by atoms with van der Waals surface area (Å²) < 4.78 is 5.44. The first kappa shape index (κ1) is 22.4. The van der Waals surface area contributed by atoms with Crippen LogP contribution in [0.25, 0.3) is 11.1 Å².